The topological polar surface area (TPSA) is 61.3 Å². The van der Waals surface area contributed by atoms with Crippen molar-refractivity contribution in [1.82, 2.24) is 5.32 Å². The van der Waals surface area contributed by atoms with Crippen LogP contribution >= 0.6 is 0 Å². The lowest BCUT2D eigenvalue weighted by Crippen LogP contribution is -2.30. The average Bonchev–Trinajstić information content (AvgIpc) is 3.32. The molecular weight excluding hydrogens is 332 g/mol. The first-order chi connectivity index (χ1) is 12.8. The monoisotopic (exact) mass is 354 g/mol. The van der Waals surface area contributed by atoms with Crippen molar-refractivity contribution < 1.29 is 18.9 Å². The van der Waals surface area contributed by atoms with Crippen molar-refractivity contribution in [3.05, 3.63) is 53.6 Å². The summed E-state index contributed by atoms with van der Waals surface area (Å²) in [5.41, 5.74) is 2.20. The van der Waals surface area contributed by atoms with Gasteiger partial charge < -0.3 is 24.3 Å². The highest BCUT2D eigenvalue weighted by atomic mass is 16.7. The number of hydrogen-bond acceptors (Lipinski definition) is 6. The molecule has 6 heteroatoms. The predicted molar refractivity (Wildman–Crippen MR) is 98.0 cm³/mol. The summed E-state index contributed by atoms with van der Waals surface area (Å²) in [7, 11) is 0. The Kier molecular flexibility index (Phi) is 4.82. The summed E-state index contributed by atoms with van der Waals surface area (Å²) in [6, 6.07) is 14.5. The minimum atomic E-state index is -0.0479. The Bertz CT molecular complexity index is 806. The van der Waals surface area contributed by atoms with Crippen LogP contribution in [0.1, 0.15) is 23.6 Å². The summed E-state index contributed by atoms with van der Waals surface area (Å²) in [5, 5.41) is 3.37. The Morgan fingerprint density at radius 3 is 2.92 bits per heavy atom. The number of ether oxygens (including phenoxy) is 4. The molecule has 0 aromatic heterocycles. The molecule has 0 amide bonds. The van der Waals surface area contributed by atoms with Crippen LogP contribution in [0, 0.1) is 6.92 Å². The Labute approximate surface area is 152 Å². The highest BCUT2D eigenvalue weighted by Crippen LogP contribution is 2.39. The van der Waals surface area contributed by atoms with Crippen LogP contribution in [0.5, 0.6) is 17.2 Å². The van der Waals surface area contributed by atoms with Gasteiger partial charge in [-0.3, -0.25) is 0 Å². The zero-order valence-corrected chi connectivity index (χ0v) is 14.7. The molecule has 0 spiro atoms. The second-order valence-corrected chi connectivity index (χ2v) is 6.27. The van der Waals surface area contributed by atoms with Crippen molar-refractivity contribution in [2.45, 2.75) is 19.4 Å². The van der Waals surface area contributed by atoms with Crippen molar-refractivity contribution in [1.29, 1.82) is 0 Å². The van der Waals surface area contributed by atoms with Crippen LogP contribution in [0.25, 0.3) is 0 Å². The van der Waals surface area contributed by atoms with E-state index in [1.165, 1.54) is 5.56 Å². The standard InChI is InChI=1S/C20H22N2O4/c1-14-4-2-5-15(12-14)23-10-8-17(22-20-21-9-11-24-20)16-6-3-7-18-19(16)26-13-25-18/h2-7,12,17H,8-11,13H2,1H3,(H,21,22). The number of hydrogen-bond donors (Lipinski definition) is 1. The van der Waals surface area contributed by atoms with Crippen LogP contribution in [0.4, 0.5) is 0 Å². The van der Waals surface area contributed by atoms with E-state index in [9.17, 15) is 0 Å². The van der Waals surface area contributed by atoms with Gasteiger partial charge in [-0.25, -0.2) is 4.99 Å². The summed E-state index contributed by atoms with van der Waals surface area (Å²) in [4.78, 5) is 4.34. The molecule has 0 saturated carbocycles. The molecule has 0 aliphatic carbocycles. The lowest BCUT2D eigenvalue weighted by molar-refractivity contribution is 0.172. The van der Waals surface area contributed by atoms with Gasteiger partial charge in [0.05, 0.1) is 19.2 Å². The van der Waals surface area contributed by atoms with Crippen molar-refractivity contribution >= 4 is 6.02 Å². The average molecular weight is 354 g/mol. The number of nitrogens with one attached hydrogen (secondary N) is 1. The van der Waals surface area contributed by atoms with E-state index < -0.39 is 0 Å². The van der Waals surface area contributed by atoms with Crippen LogP contribution in [0.2, 0.25) is 0 Å². The van der Waals surface area contributed by atoms with Crippen LogP contribution < -0.4 is 19.5 Å². The number of fused-ring (bicyclic) bond motifs is 1. The molecule has 1 unspecified atom stereocenters. The maximum Gasteiger partial charge on any atom is 0.285 e. The summed E-state index contributed by atoms with van der Waals surface area (Å²) in [6.07, 6.45) is 0.732. The molecule has 26 heavy (non-hydrogen) atoms. The van der Waals surface area contributed by atoms with Gasteiger partial charge in [-0.05, 0) is 30.7 Å². The van der Waals surface area contributed by atoms with Gasteiger partial charge in [0.15, 0.2) is 11.5 Å². The number of aliphatic imine (C=N–C) groups is 1. The van der Waals surface area contributed by atoms with Gasteiger partial charge in [-0.2, -0.15) is 0 Å². The lowest BCUT2D eigenvalue weighted by Gasteiger charge is -2.21. The quantitative estimate of drug-likeness (QED) is 0.863. The van der Waals surface area contributed by atoms with Crippen LogP contribution in [-0.2, 0) is 4.74 Å². The molecule has 0 fully saturated rings. The van der Waals surface area contributed by atoms with Crippen LogP contribution in [0.15, 0.2) is 47.5 Å². The highest BCUT2D eigenvalue weighted by Gasteiger charge is 2.25. The molecule has 2 aromatic carbocycles. The maximum absolute atomic E-state index is 5.93. The molecule has 0 saturated heterocycles. The number of nitrogens with zero attached hydrogens (tertiary/aromatic N) is 1. The SMILES string of the molecule is Cc1cccc(OCCC(NC2=NCCO2)c2cccc3c2OCO3)c1. The van der Waals surface area contributed by atoms with E-state index in [0.717, 1.165) is 29.2 Å². The van der Waals surface area contributed by atoms with E-state index in [1.54, 1.807) is 0 Å². The molecule has 2 aliphatic rings. The van der Waals surface area contributed by atoms with Crippen molar-refractivity contribution in [3.8, 4) is 17.2 Å². The van der Waals surface area contributed by atoms with Crippen molar-refractivity contribution in [3.63, 3.8) is 0 Å². The first-order valence-electron chi connectivity index (χ1n) is 8.81. The molecule has 136 valence electrons. The van der Waals surface area contributed by atoms with Crippen LogP contribution in [0.3, 0.4) is 0 Å². The number of para-hydroxylation sites is 1. The maximum atomic E-state index is 5.93. The second kappa shape index (κ2) is 7.56. The van der Waals surface area contributed by atoms with E-state index in [0.29, 0.717) is 25.8 Å². The summed E-state index contributed by atoms with van der Waals surface area (Å²) in [6.45, 7) is 4.15. The Morgan fingerprint density at radius 1 is 1.15 bits per heavy atom. The lowest BCUT2D eigenvalue weighted by atomic mass is 10.0. The van der Waals surface area contributed by atoms with Crippen LogP contribution in [-0.4, -0.2) is 32.6 Å². The molecule has 1 atom stereocenters. The molecular formula is C20H22N2O4. The van der Waals surface area contributed by atoms with E-state index in [1.807, 2.05) is 36.4 Å². The fraction of sp³-hybridized carbons (Fsp3) is 0.350. The van der Waals surface area contributed by atoms with Gasteiger partial charge in [-0.1, -0.05) is 24.3 Å². The van der Waals surface area contributed by atoms with Crippen molar-refractivity contribution in [2.24, 2.45) is 4.99 Å². The fourth-order valence-corrected chi connectivity index (χ4v) is 3.10. The van der Waals surface area contributed by atoms with Gasteiger partial charge in [0.2, 0.25) is 6.79 Å². The third kappa shape index (κ3) is 3.69. The Morgan fingerprint density at radius 2 is 2.08 bits per heavy atom. The zero-order valence-electron chi connectivity index (χ0n) is 14.7. The Hall–Kier alpha value is -2.89. The first kappa shape index (κ1) is 16.6. The van der Waals surface area contributed by atoms with Gasteiger partial charge in [0.25, 0.3) is 6.02 Å². The van der Waals surface area contributed by atoms with E-state index >= 15 is 0 Å². The van der Waals surface area contributed by atoms with Gasteiger partial charge in [0.1, 0.15) is 12.4 Å². The molecule has 0 radical (unpaired) electrons. The van der Waals surface area contributed by atoms with Gasteiger partial charge in [0, 0.05) is 12.0 Å². The largest absolute Gasteiger partial charge is 0.493 e. The van der Waals surface area contributed by atoms with E-state index in [4.69, 9.17) is 18.9 Å². The number of aryl methyl sites for hydroxylation is 1. The molecule has 1 N–H and O–H groups in total. The first-order valence-corrected chi connectivity index (χ1v) is 8.81. The molecule has 2 aliphatic heterocycles. The Balaban J connectivity index is 1.49. The number of benzene rings is 2. The van der Waals surface area contributed by atoms with E-state index in [-0.39, 0.29) is 12.8 Å². The summed E-state index contributed by atoms with van der Waals surface area (Å²) < 4.78 is 22.6. The highest BCUT2D eigenvalue weighted by molar-refractivity contribution is 5.75. The smallest absolute Gasteiger partial charge is 0.285 e. The zero-order chi connectivity index (χ0) is 17.8. The molecule has 0 bridgehead atoms. The molecule has 4 rings (SSSR count). The predicted octanol–water partition coefficient (Wildman–Crippen LogP) is 3.21. The number of amidine groups is 1. The fourth-order valence-electron chi connectivity index (χ4n) is 3.10. The minimum absolute atomic E-state index is 0.0479. The normalized spacial score (nSPS) is 16.0. The van der Waals surface area contributed by atoms with Gasteiger partial charge >= 0.3 is 0 Å². The second-order valence-electron chi connectivity index (χ2n) is 6.27. The number of rotatable bonds is 6. The third-order valence-corrected chi connectivity index (χ3v) is 4.35. The molecule has 2 heterocycles. The molecule has 6 nitrogen and oxygen atoms in total. The third-order valence-electron chi connectivity index (χ3n) is 4.35. The van der Waals surface area contributed by atoms with E-state index in [2.05, 4.69) is 23.3 Å². The summed E-state index contributed by atoms with van der Waals surface area (Å²) >= 11 is 0. The summed E-state index contributed by atoms with van der Waals surface area (Å²) in [5.74, 6) is 2.42. The van der Waals surface area contributed by atoms with Gasteiger partial charge in [-0.15, -0.1) is 0 Å². The minimum Gasteiger partial charge on any atom is -0.493 e. The molecule has 2 aromatic rings. The van der Waals surface area contributed by atoms with Crippen molar-refractivity contribution in [2.75, 3.05) is 26.6 Å².